The number of carbonyl (C=O) groups excluding carboxylic acids is 1. The molecule has 0 spiro atoms. The summed E-state index contributed by atoms with van der Waals surface area (Å²) < 4.78 is 23.8. The molecule has 0 saturated carbocycles. The first kappa shape index (κ1) is 19.6. The van der Waals surface area contributed by atoms with E-state index in [9.17, 15) is 13.2 Å². The third kappa shape index (κ3) is 4.18. The molecule has 1 heterocycles. The van der Waals surface area contributed by atoms with Crippen molar-refractivity contribution < 1.29 is 13.2 Å². The molecule has 0 aromatic heterocycles. The van der Waals surface area contributed by atoms with Crippen LogP contribution in [0.5, 0.6) is 0 Å². The molecule has 29 heavy (non-hydrogen) atoms. The highest BCUT2D eigenvalue weighted by Gasteiger charge is 2.34. The lowest BCUT2D eigenvalue weighted by molar-refractivity contribution is -0.123. The minimum Gasteiger partial charge on any atom is -0.314 e. The van der Waals surface area contributed by atoms with Crippen molar-refractivity contribution in [2.45, 2.75) is 6.04 Å². The fraction of sp³-hybridized carbons (Fsp3) is 0.261. The lowest BCUT2D eigenvalue weighted by Gasteiger charge is -2.35. The molecule has 6 heteroatoms. The molecule has 3 aromatic carbocycles. The van der Waals surface area contributed by atoms with Gasteiger partial charge in [-0.1, -0.05) is 60.7 Å². The molecule has 4 rings (SSSR count). The molecule has 0 radical (unpaired) electrons. The van der Waals surface area contributed by atoms with Crippen LogP contribution < -0.4 is 4.90 Å². The van der Waals surface area contributed by atoms with Crippen molar-refractivity contribution in [3.8, 4) is 0 Å². The normalized spacial score (nSPS) is 17.7. The monoisotopic (exact) mass is 408 g/mol. The first-order valence-corrected chi connectivity index (χ1v) is 11.5. The number of hydrogen-bond donors (Lipinski definition) is 0. The highest BCUT2D eigenvalue weighted by molar-refractivity contribution is 7.91. The Balaban J connectivity index is 1.66. The zero-order valence-electron chi connectivity index (χ0n) is 16.4. The van der Waals surface area contributed by atoms with Gasteiger partial charge >= 0.3 is 0 Å². The van der Waals surface area contributed by atoms with Gasteiger partial charge in [-0.2, -0.15) is 0 Å². The first-order valence-electron chi connectivity index (χ1n) is 9.70. The topological polar surface area (TPSA) is 57.7 Å². The van der Waals surface area contributed by atoms with Gasteiger partial charge in [-0.15, -0.1) is 0 Å². The van der Waals surface area contributed by atoms with Gasteiger partial charge in [0.15, 0.2) is 9.84 Å². The number of carbonyl (C=O) groups is 1. The number of sulfone groups is 1. The summed E-state index contributed by atoms with van der Waals surface area (Å²) in [5.41, 5.74) is 1.70. The van der Waals surface area contributed by atoms with E-state index < -0.39 is 15.9 Å². The Hall–Kier alpha value is -2.70. The van der Waals surface area contributed by atoms with E-state index in [2.05, 4.69) is 0 Å². The van der Waals surface area contributed by atoms with E-state index in [-0.39, 0.29) is 17.4 Å². The second-order valence-corrected chi connectivity index (χ2v) is 9.73. The molecular formula is C23H24N2O3S. The summed E-state index contributed by atoms with van der Waals surface area (Å²) >= 11 is 0. The molecule has 1 unspecified atom stereocenters. The van der Waals surface area contributed by atoms with Crippen molar-refractivity contribution in [3.05, 3.63) is 78.4 Å². The summed E-state index contributed by atoms with van der Waals surface area (Å²) in [6.07, 6.45) is 0. The average Bonchev–Trinajstić information content (AvgIpc) is 2.75. The van der Waals surface area contributed by atoms with Crippen molar-refractivity contribution in [1.29, 1.82) is 0 Å². The second-order valence-electron chi connectivity index (χ2n) is 7.43. The smallest absolute Gasteiger partial charge is 0.248 e. The van der Waals surface area contributed by atoms with Gasteiger partial charge in [0.1, 0.15) is 6.04 Å². The Morgan fingerprint density at radius 2 is 1.52 bits per heavy atom. The van der Waals surface area contributed by atoms with E-state index in [1.807, 2.05) is 77.7 Å². The van der Waals surface area contributed by atoms with Crippen LogP contribution in [0.4, 0.5) is 5.69 Å². The van der Waals surface area contributed by atoms with Crippen molar-refractivity contribution in [3.63, 3.8) is 0 Å². The van der Waals surface area contributed by atoms with E-state index in [0.717, 1.165) is 22.0 Å². The minimum atomic E-state index is -3.02. The molecule has 1 amide bonds. The zero-order valence-corrected chi connectivity index (χ0v) is 17.2. The summed E-state index contributed by atoms with van der Waals surface area (Å²) in [5, 5.41) is 2.20. The molecule has 1 atom stereocenters. The standard InChI is InChI=1S/C23H24N2O3S/c1-24(21-12-11-18-7-5-6-10-20(18)17-21)23(26)22(19-8-3-2-4-9-19)25-13-15-29(27,28)16-14-25/h2-12,17,22H,13-16H2,1H3. The lowest BCUT2D eigenvalue weighted by Crippen LogP contribution is -2.48. The van der Waals surface area contributed by atoms with Crippen LogP contribution in [0, 0.1) is 0 Å². The van der Waals surface area contributed by atoms with Gasteiger partial charge in [0.05, 0.1) is 11.5 Å². The number of rotatable bonds is 4. The van der Waals surface area contributed by atoms with Gasteiger partial charge in [0, 0.05) is 25.8 Å². The van der Waals surface area contributed by atoms with Gasteiger partial charge in [0.2, 0.25) is 5.91 Å². The van der Waals surface area contributed by atoms with E-state index in [4.69, 9.17) is 0 Å². The van der Waals surface area contributed by atoms with Crippen LogP contribution in [-0.2, 0) is 14.6 Å². The number of benzene rings is 3. The number of amides is 1. The summed E-state index contributed by atoms with van der Waals surface area (Å²) in [6, 6.07) is 23.1. The van der Waals surface area contributed by atoms with Gasteiger partial charge < -0.3 is 4.90 Å². The van der Waals surface area contributed by atoms with Crippen molar-refractivity contribution in [2.24, 2.45) is 0 Å². The molecule has 0 aliphatic carbocycles. The van der Waals surface area contributed by atoms with E-state index in [1.54, 1.807) is 11.9 Å². The minimum absolute atomic E-state index is 0.0641. The van der Waals surface area contributed by atoms with Crippen LogP contribution in [0.25, 0.3) is 10.8 Å². The Labute approximate surface area is 171 Å². The summed E-state index contributed by atoms with van der Waals surface area (Å²) in [4.78, 5) is 17.2. The van der Waals surface area contributed by atoms with Crippen LogP contribution in [0.1, 0.15) is 11.6 Å². The highest BCUT2D eigenvalue weighted by atomic mass is 32.2. The predicted octanol–water partition coefficient (Wildman–Crippen LogP) is 3.27. The molecule has 1 aliphatic rings. The van der Waals surface area contributed by atoms with Gasteiger partial charge in [0.25, 0.3) is 0 Å². The number of likely N-dealkylation sites (N-methyl/N-ethyl adjacent to an activating group) is 1. The van der Waals surface area contributed by atoms with Crippen LogP contribution in [0.3, 0.4) is 0 Å². The first-order chi connectivity index (χ1) is 13.9. The quantitative estimate of drug-likeness (QED) is 0.665. The van der Waals surface area contributed by atoms with Crippen LogP contribution in [0.2, 0.25) is 0 Å². The number of fused-ring (bicyclic) bond motifs is 1. The Bertz CT molecular complexity index is 1120. The summed E-state index contributed by atoms with van der Waals surface area (Å²) in [6.45, 7) is 0.721. The maximum Gasteiger partial charge on any atom is 0.248 e. The molecule has 5 nitrogen and oxygen atoms in total. The van der Waals surface area contributed by atoms with E-state index in [1.165, 1.54) is 0 Å². The summed E-state index contributed by atoms with van der Waals surface area (Å²) in [7, 11) is -1.24. The SMILES string of the molecule is CN(C(=O)C(c1ccccc1)N1CCS(=O)(=O)CC1)c1ccc2ccccc2c1. The lowest BCUT2D eigenvalue weighted by atomic mass is 10.0. The van der Waals surface area contributed by atoms with Crippen molar-refractivity contribution in [1.82, 2.24) is 4.90 Å². The van der Waals surface area contributed by atoms with Gasteiger partial charge in [-0.3, -0.25) is 9.69 Å². The van der Waals surface area contributed by atoms with Crippen LogP contribution in [0.15, 0.2) is 72.8 Å². The highest BCUT2D eigenvalue weighted by Crippen LogP contribution is 2.28. The average molecular weight is 409 g/mol. The molecule has 150 valence electrons. The van der Waals surface area contributed by atoms with Gasteiger partial charge in [-0.05, 0) is 28.5 Å². The zero-order chi connectivity index (χ0) is 20.4. The summed E-state index contributed by atoms with van der Waals surface area (Å²) in [5.74, 6) is 0.109. The molecule has 3 aromatic rings. The molecule has 1 aliphatic heterocycles. The van der Waals surface area contributed by atoms with Gasteiger partial charge in [-0.25, -0.2) is 8.42 Å². The Morgan fingerprint density at radius 1 is 0.897 bits per heavy atom. The Kier molecular flexibility index (Phi) is 5.39. The second kappa shape index (κ2) is 7.97. The number of anilines is 1. The number of hydrogen-bond acceptors (Lipinski definition) is 4. The maximum atomic E-state index is 13.6. The van der Waals surface area contributed by atoms with Crippen molar-refractivity contribution >= 4 is 32.2 Å². The third-order valence-corrected chi connectivity index (χ3v) is 7.15. The van der Waals surface area contributed by atoms with E-state index in [0.29, 0.717) is 13.1 Å². The molecule has 0 N–H and O–H groups in total. The maximum absolute atomic E-state index is 13.6. The third-order valence-electron chi connectivity index (χ3n) is 5.54. The Morgan fingerprint density at radius 3 is 2.21 bits per heavy atom. The van der Waals surface area contributed by atoms with Crippen LogP contribution in [-0.4, -0.2) is 50.9 Å². The molecule has 1 fully saturated rings. The molecule has 0 bridgehead atoms. The van der Waals surface area contributed by atoms with E-state index >= 15 is 0 Å². The fourth-order valence-corrected chi connectivity index (χ4v) is 5.06. The largest absolute Gasteiger partial charge is 0.314 e. The molecule has 1 saturated heterocycles. The predicted molar refractivity (Wildman–Crippen MR) is 117 cm³/mol. The number of nitrogens with zero attached hydrogens (tertiary/aromatic N) is 2. The van der Waals surface area contributed by atoms with Crippen molar-refractivity contribution in [2.75, 3.05) is 36.5 Å². The van der Waals surface area contributed by atoms with Crippen LogP contribution >= 0.6 is 0 Å². The fourth-order valence-electron chi connectivity index (χ4n) is 3.83. The molecular weight excluding hydrogens is 384 g/mol.